The van der Waals surface area contributed by atoms with Crippen molar-refractivity contribution < 1.29 is 21.8 Å². The summed E-state index contributed by atoms with van der Waals surface area (Å²) in [5, 5.41) is 0. The summed E-state index contributed by atoms with van der Waals surface area (Å²) in [6, 6.07) is 5.33. The minimum atomic E-state index is -3.46. The molecule has 0 saturated carbocycles. The summed E-state index contributed by atoms with van der Waals surface area (Å²) in [5.74, 6) is -0.484. The van der Waals surface area contributed by atoms with Crippen LogP contribution in [0.3, 0.4) is 0 Å². The molecule has 0 radical (unpaired) electrons. The molecule has 22 heavy (non-hydrogen) atoms. The lowest BCUT2D eigenvalue weighted by molar-refractivity contribution is 0.305. The van der Waals surface area contributed by atoms with Crippen LogP contribution >= 0.6 is 0 Å². The molecule has 0 bridgehead atoms. The van der Waals surface area contributed by atoms with Gasteiger partial charge < -0.3 is 9.15 Å². The fourth-order valence-electron chi connectivity index (χ4n) is 1.98. The van der Waals surface area contributed by atoms with Crippen LogP contribution in [0, 0.1) is 0 Å². The molecule has 0 aliphatic carbocycles. The first-order valence-corrected chi connectivity index (χ1v) is 8.39. The first-order valence-electron chi connectivity index (χ1n) is 6.58. The van der Waals surface area contributed by atoms with Crippen molar-refractivity contribution in [3.05, 3.63) is 40.6 Å². The van der Waals surface area contributed by atoms with Crippen LogP contribution in [0.25, 0.3) is 17.2 Å². The number of fused-ring (bicyclic) bond motifs is 1. The summed E-state index contributed by atoms with van der Waals surface area (Å²) < 4.78 is 37.9. The molecule has 0 aliphatic heterocycles. The third-order valence-corrected chi connectivity index (χ3v) is 3.51. The number of rotatable bonds is 7. The molecule has 0 aliphatic rings. The van der Waals surface area contributed by atoms with E-state index in [0.717, 1.165) is 11.8 Å². The van der Waals surface area contributed by atoms with E-state index in [9.17, 15) is 13.2 Å². The van der Waals surface area contributed by atoms with Gasteiger partial charge in [0.15, 0.2) is 5.58 Å². The van der Waals surface area contributed by atoms with Crippen molar-refractivity contribution in [2.75, 3.05) is 20.0 Å². The molecular weight excluding hydrogens is 310 g/mol. The molecule has 0 fully saturated rings. The van der Waals surface area contributed by atoms with Crippen molar-refractivity contribution in [2.45, 2.75) is 13.0 Å². The van der Waals surface area contributed by atoms with E-state index in [1.165, 1.54) is 10.8 Å². The summed E-state index contributed by atoms with van der Waals surface area (Å²) in [5.41, 5.74) is 1.96. The quantitative estimate of drug-likeness (QED) is 0.436. The first kappa shape index (κ1) is 16.3. The van der Waals surface area contributed by atoms with Crippen LogP contribution in [0.4, 0.5) is 0 Å². The van der Waals surface area contributed by atoms with E-state index in [0.29, 0.717) is 24.1 Å². The van der Waals surface area contributed by atoms with Crippen LogP contribution in [-0.2, 0) is 25.6 Å². The topological polar surface area (TPSA) is 87.7 Å². The molecule has 1 aromatic carbocycles. The predicted octanol–water partition coefficient (Wildman–Crippen LogP) is 1.58. The van der Waals surface area contributed by atoms with Crippen molar-refractivity contribution in [1.82, 2.24) is 4.57 Å². The van der Waals surface area contributed by atoms with Crippen molar-refractivity contribution in [3.63, 3.8) is 0 Å². The van der Waals surface area contributed by atoms with Gasteiger partial charge in [-0.2, -0.15) is 8.42 Å². The Kier molecular flexibility index (Phi) is 5.04. The highest BCUT2D eigenvalue weighted by Gasteiger charge is 2.10. The standard InChI is InChI=1S/C14H17NO6S/c1-19-9-6-11-4-5-12-13(10-11)21-14(16)15(12)7-3-8-20-22(2,17)18/h4-6,9-10H,3,7-8H2,1-2H3. The summed E-state index contributed by atoms with van der Waals surface area (Å²) in [4.78, 5) is 11.8. The van der Waals surface area contributed by atoms with E-state index < -0.39 is 15.9 Å². The third kappa shape index (κ3) is 4.22. The van der Waals surface area contributed by atoms with Crippen LogP contribution in [-0.4, -0.2) is 33.0 Å². The SMILES string of the molecule is COC=Cc1ccc2c(c1)oc(=O)n2CCCOS(C)(=O)=O. The van der Waals surface area contributed by atoms with Gasteiger partial charge >= 0.3 is 5.76 Å². The van der Waals surface area contributed by atoms with E-state index in [-0.39, 0.29) is 6.61 Å². The molecule has 0 amide bonds. The summed E-state index contributed by atoms with van der Waals surface area (Å²) in [7, 11) is -1.92. The molecule has 0 saturated heterocycles. The summed E-state index contributed by atoms with van der Waals surface area (Å²) >= 11 is 0. The number of ether oxygens (including phenoxy) is 1. The zero-order chi connectivity index (χ0) is 16.2. The smallest absolute Gasteiger partial charge is 0.419 e. The van der Waals surface area contributed by atoms with E-state index in [1.54, 1.807) is 25.3 Å². The average molecular weight is 327 g/mol. The summed E-state index contributed by atoms with van der Waals surface area (Å²) in [6.07, 6.45) is 4.64. The molecule has 2 aromatic rings. The van der Waals surface area contributed by atoms with E-state index in [4.69, 9.17) is 9.15 Å². The van der Waals surface area contributed by atoms with Gasteiger partial charge in [-0.1, -0.05) is 6.07 Å². The molecule has 0 spiro atoms. The predicted molar refractivity (Wildman–Crippen MR) is 81.9 cm³/mol. The molecule has 120 valence electrons. The van der Waals surface area contributed by atoms with Crippen molar-refractivity contribution in [1.29, 1.82) is 0 Å². The lowest BCUT2D eigenvalue weighted by atomic mass is 10.2. The molecule has 2 rings (SSSR count). The number of aromatic nitrogens is 1. The molecular formula is C14H17NO6S. The van der Waals surface area contributed by atoms with Gasteiger partial charge in [0.1, 0.15) is 0 Å². The molecule has 0 N–H and O–H groups in total. The highest BCUT2D eigenvalue weighted by Crippen LogP contribution is 2.16. The van der Waals surface area contributed by atoms with Crippen LogP contribution < -0.4 is 5.76 Å². The van der Waals surface area contributed by atoms with Gasteiger partial charge in [0, 0.05) is 6.54 Å². The largest absolute Gasteiger partial charge is 0.504 e. The van der Waals surface area contributed by atoms with Gasteiger partial charge in [-0.15, -0.1) is 0 Å². The average Bonchev–Trinajstić information content (AvgIpc) is 2.75. The highest BCUT2D eigenvalue weighted by atomic mass is 32.2. The fourth-order valence-corrected chi connectivity index (χ4v) is 2.40. The second kappa shape index (κ2) is 6.80. The van der Waals surface area contributed by atoms with Gasteiger partial charge in [0.2, 0.25) is 0 Å². The Balaban J connectivity index is 2.15. The molecule has 1 aromatic heterocycles. The Labute approximate surface area is 127 Å². The lowest BCUT2D eigenvalue weighted by Crippen LogP contribution is -2.16. The van der Waals surface area contributed by atoms with E-state index >= 15 is 0 Å². The monoisotopic (exact) mass is 327 g/mol. The number of methoxy groups -OCH3 is 1. The van der Waals surface area contributed by atoms with Crippen molar-refractivity contribution in [2.24, 2.45) is 0 Å². The van der Waals surface area contributed by atoms with Crippen LogP contribution in [0.5, 0.6) is 0 Å². The Morgan fingerprint density at radius 2 is 2.14 bits per heavy atom. The number of benzene rings is 1. The maximum Gasteiger partial charge on any atom is 0.419 e. The normalized spacial score (nSPS) is 12.3. The molecule has 0 unspecified atom stereocenters. The van der Waals surface area contributed by atoms with Crippen molar-refractivity contribution >= 4 is 27.3 Å². The minimum Gasteiger partial charge on any atom is -0.504 e. The van der Waals surface area contributed by atoms with Crippen molar-refractivity contribution in [3.8, 4) is 0 Å². The number of oxazole rings is 1. The Morgan fingerprint density at radius 1 is 1.36 bits per heavy atom. The molecule has 7 nitrogen and oxygen atoms in total. The van der Waals surface area contributed by atoms with Gasteiger partial charge in [-0.05, 0) is 30.2 Å². The maximum absolute atomic E-state index is 11.8. The van der Waals surface area contributed by atoms with Gasteiger partial charge in [-0.3, -0.25) is 8.75 Å². The van der Waals surface area contributed by atoms with Crippen LogP contribution in [0.1, 0.15) is 12.0 Å². The zero-order valence-corrected chi connectivity index (χ0v) is 13.1. The maximum atomic E-state index is 11.8. The van der Waals surface area contributed by atoms with Gasteiger partial charge in [-0.25, -0.2) is 4.79 Å². The summed E-state index contributed by atoms with van der Waals surface area (Å²) in [6.45, 7) is 0.335. The van der Waals surface area contributed by atoms with E-state index in [2.05, 4.69) is 4.18 Å². The Morgan fingerprint density at radius 3 is 2.82 bits per heavy atom. The Bertz CT molecular complexity index is 831. The third-order valence-electron chi connectivity index (χ3n) is 2.91. The Hall–Kier alpha value is -2.06. The van der Waals surface area contributed by atoms with Gasteiger partial charge in [0.25, 0.3) is 10.1 Å². The van der Waals surface area contributed by atoms with E-state index in [1.807, 2.05) is 6.07 Å². The zero-order valence-electron chi connectivity index (χ0n) is 12.3. The number of aryl methyl sites for hydroxylation is 1. The number of nitrogens with zero attached hydrogens (tertiary/aromatic N) is 1. The second-order valence-corrected chi connectivity index (χ2v) is 6.31. The molecule has 8 heteroatoms. The number of hydrogen-bond acceptors (Lipinski definition) is 6. The van der Waals surface area contributed by atoms with Crippen LogP contribution in [0.2, 0.25) is 0 Å². The second-order valence-electron chi connectivity index (χ2n) is 4.66. The first-order chi connectivity index (χ1) is 10.4. The number of hydrogen-bond donors (Lipinski definition) is 0. The minimum absolute atomic E-state index is 0.0204. The molecule has 0 atom stereocenters. The van der Waals surface area contributed by atoms with Gasteiger partial charge in [0.05, 0.1) is 31.8 Å². The molecule has 1 heterocycles. The highest BCUT2D eigenvalue weighted by molar-refractivity contribution is 7.85. The lowest BCUT2D eigenvalue weighted by Gasteiger charge is -2.03. The van der Waals surface area contributed by atoms with Crippen LogP contribution in [0.15, 0.2) is 33.7 Å². The fraction of sp³-hybridized carbons (Fsp3) is 0.357.